The SMILES string of the molecule is CCNCC1CCCCN1CC(=O)N1CCCCCC1. The quantitative estimate of drug-likeness (QED) is 0.835. The zero-order valence-electron chi connectivity index (χ0n) is 13.1. The van der Waals surface area contributed by atoms with Crippen LogP contribution < -0.4 is 5.32 Å². The number of hydrogen-bond acceptors (Lipinski definition) is 3. The van der Waals surface area contributed by atoms with E-state index in [1.807, 2.05) is 0 Å². The minimum Gasteiger partial charge on any atom is -0.342 e. The highest BCUT2D eigenvalue weighted by Crippen LogP contribution is 2.17. The molecule has 0 aliphatic carbocycles. The summed E-state index contributed by atoms with van der Waals surface area (Å²) in [7, 11) is 0. The van der Waals surface area contributed by atoms with E-state index in [1.54, 1.807) is 0 Å². The van der Waals surface area contributed by atoms with E-state index < -0.39 is 0 Å². The summed E-state index contributed by atoms with van der Waals surface area (Å²) in [6, 6.07) is 0.555. The minimum absolute atomic E-state index is 0.357. The van der Waals surface area contributed by atoms with Gasteiger partial charge in [0.15, 0.2) is 0 Å². The van der Waals surface area contributed by atoms with E-state index in [1.165, 1.54) is 44.9 Å². The molecule has 2 heterocycles. The number of nitrogens with zero attached hydrogens (tertiary/aromatic N) is 2. The Morgan fingerprint density at radius 1 is 1.05 bits per heavy atom. The summed E-state index contributed by atoms with van der Waals surface area (Å²) in [4.78, 5) is 17.0. The molecule has 20 heavy (non-hydrogen) atoms. The molecule has 1 atom stereocenters. The van der Waals surface area contributed by atoms with Gasteiger partial charge in [-0.1, -0.05) is 26.2 Å². The lowest BCUT2D eigenvalue weighted by atomic mass is 10.0. The number of carbonyl (C=O) groups is 1. The van der Waals surface area contributed by atoms with Crippen LogP contribution in [0.25, 0.3) is 0 Å². The zero-order valence-corrected chi connectivity index (χ0v) is 13.1. The molecule has 4 heteroatoms. The number of rotatable bonds is 5. The van der Waals surface area contributed by atoms with Crippen LogP contribution >= 0.6 is 0 Å². The normalized spacial score (nSPS) is 25.4. The average Bonchev–Trinajstić information content (AvgIpc) is 2.75. The third kappa shape index (κ3) is 4.74. The molecule has 1 amide bonds. The summed E-state index contributed by atoms with van der Waals surface area (Å²) in [5.41, 5.74) is 0. The maximum absolute atomic E-state index is 12.5. The number of amides is 1. The minimum atomic E-state index is 0.357. The van der Waals surface area contributed by atoms with Crippen molar-refractivity contribution in [3.8, 4) is 0 Å². The molecule has 0 aromatic carbocycles. The highest BCUT2D eigenvalue weighted by molar-refractivity contribution is 5.78. The molecule has 2 fully saturated rings. The second-order valence-electron chi connectivity index (χ2n) is 6.22. The van der Waals surface area contributed by atoms with Crippen molar-refractivity contribution in [3.05, 3.63) is 0 Å². The molecule has 0 spiro atoms. The van der Waals surface area contributed by atoms with Gasteiger partial charge in [0.2, 0.25) is 5.91 Å². The predicted molar refractivity (Wildman–Crippen MR) is 82.8 cm³/mol. The predicted octanol–water partition coefficient (Wildman–Crippen LogP) is 1.85. The van der Waals surface area contributed by atoms with Gasteiger partial charge in [-0.2, -0.15) is 0 Å². The molecule has 0 saturated carbocycles. The number of nitrogens with one attached hydrogen (secondary N) is 1. The van der Waals surface area contributed by atoms with Crippen molar-refractivity contribution in [1.29, 1.82) is 0 Å². The maximum atomic E-state index is 12.5. The van der Waals surface area contributed by atoms with Gasteiger partial charge in [0.25, 0.3) is 0 Å². The summed E-state index contributed by atoms with van der Waals surface area (Å²) in [6.07, 6.45) is 8.74. The molecule has 1 unspecified atom stereocenters. The summed E-state index contributed by atoms with van der Waals surface area (Å²) in [5, 5.41) is 3.44. The Hall–Kier alpha value is -0.610. The Bertz CT molecular complexity index is 287. The van der Waals surface area contributed by atoms with Gasteiger partial charge in [0.1, 0.15) is 0 Å². The first-order chi connectivity index (χ1) is 9.81. The molecule has 2 aliphatic rings. The van der Waals surface area contributed by atoms with Crippen LogP contribution in [0.4, 0.5) is 0 Å². The van der Waals surface area contributed by atoms with E-state index in [9.17, 15) is 4.79 Å². The molecule has 0 radical (unpaired) electrons. The molecule has 1 N–H and O–H groups in total. The number of hydrogen-bond donors (Lipinski definition) is 1. The molecule has 0 aromatic rings. The largest absolute Gasteiger partial charge is 0.342 e. The van der Waals surface area contributed by atoms with Crippen molar-refractivity contribution in [1.82, 2.24) is 15.1 Å². The van der Waals surface area contributed by atoms with Crippen LogP contribution in [-0.2, 0) is 4.79 Å². The summed E-state index contributed by atoms with van der Waals surface area (Å²) in [6.45, 7) is 7.88. The van der Waals surface area contributed by atoms with Crippen molar-refractivity contribution < 1.29 is 4.79 Å². The summed E-state index contributed by atoms with van der Waals surface area (Å²) >= 11 is 0. The van der Waals surface area contributed by atoms with E-state index in [4.69, 9.17) is 0 Å². The zero-order chi connectivity index (χ0) is 14.2. The second kappa shape index (κ2) is 8.63. The molecule has 4 nitrogen and oxygen atoms in total. The summed E-state index contributed by atoms with van der Waals surface area (Å²) in [5.74, 6) is 0.357. The number of likely N-dealkylation sites (tertiary alicyclic amines) is 2. The first-order valence-electron chi connectivity index (χ1n) is 8.54. The van der Waals surface area contributed by atoms with E-state index in [0.29, 0.717) is 18.5 Å². The van der Waals surface area contributed by atoms with Gasteiger partial charge >= 0.3 is 0 Å². The topological polar surface area (TPSA) is 35.6 Å². The lowest BCUT2D eigenvalue weighted by Gasteiger charge is -2.36. The van der Waals surface area contributed by atoms with Gasteiger partial charge < -0.3 is 10.2 Å². The Kier molecular flexibility index (Phi) is 6.80. The average molecular weight is 281 g/mol. The van der Waals surface area contributed by atoms with E-state index in [-0.39, 0.29) is 0 Å². The van der Waals surface area contributed by atoms with E-state index >= 15 is 0 Å². The first kappa shape index (κ1) is 15.8. The van der Waals surface area contributed by atoms with Gasteiger partial charge in [-0.05, 0) is 38.8 Å². The first-order valence-corrected chi connectivity index (χ1v) is 8.54. The number of carbonyl (C=O) groups excluding carboxylic acids is 1. The van der Waals surface area contributed by atoms with Crippen LogP contribution in [-0.4, -0.2) is 61.0 Å². The van der Waals surface area contributed by atoms with Gasteiger partial charge in [0, 0.05) is 25.7 Å². The lowest BCUT2D eigenvalue weighted by Crippen LogP contribution is -2.50. The van der Waals surface area contributed by atoms with Crippen LogP contribution in [0.3, 0.4) is 0 Å². The monoisotopic (exact) mass is 281 g/mol. The fourth-order valence-corrected chi connectivity index (χ4v) is 3.40. The molecule has 0 aromatic heterocycles. The Morgan fingerprint density at radius 3 is 2.45 bits per heavy atom. The van der Waals surface area contributed by atoms with E-state index in [0.717, 1.165) is 32.7 Å². The third-order valence-corrected chi connectivity index (χ3v) is 4.68. The van der Waals surface area contributed by atoms with Crippen LogP contribution in [0.2, 0.25) is 0 Å². The second-order valence-corrected chi connectivity index (χ2v) is 6.22. The van der Waals surface area contributed by atoms with Crippen LogP contribution in [0, 0.1) is 0 Å². The highest BCUT2D eigenvalue weighted by atomic mass is 16.2. The fourth-order valence-electron chi connectivity index (χ4n) is 3.40. The van der Waals surface area contributed by atoms with Crippen LogP contribution in [0.15, 0.2) is 0 Å². The van der Waals surface area contributed by atoms with Gasteiger partial charge in [0.05, 0.1) is 6.54 Å². The van der Waals surface area contributed by atoms with Crippen molar-refractivity contribution in [2.45, 2.75) is 57.9 Å². The van der Waals surface area contributed by atoms with Crippen molar-refractivity contribution in [2.24, 2.45) is 0 Å². The lowest BCUT2D eigenvalue weighted by molar-refractivity contribution is -0.133. The number of piperidine rings is 1. The molecule has 2 aliphatic heterocycles. The molecule has 116 valence electrons. The van der Waals surface area contributed by atoms with Crippen LogP contribution in [0.5, 0.6) is 0 Å². The highest BCUT2D eigenvalue weighted by Gasteiger charge is 2.26. The maximum Gasteiger partial charge on any atom is 0.236 e. The smallest absolute Gasteiger partial charge is 0.236 e. The van der Waals surface area contributed by atoms with Gasteiger partial charge in [-0.25, -0.2) is 0 Å². The Morgan fingerprint density at radius 2 is 1.75 bits per heavy atom. The Labute approximate surface area is 123 Å². The molecular formula is C16H31N3O. The Balaban J connectivity index is 1.83. The molecule has 2 rings (SSSR count). The van der Waals surface area contributed by atoms with E-state index in [2.05, 4.69) is 22.0 Å². The standard InChI is InChI=1S/C16H31N3O/c1-2-17-13-15-9-5-8-12-19(15)14-16(20)18-10-6-3-4-7-11-18/h15,17H,2-14H2,1H3. The van der Waals surface area contributed by atoms with Gasteiger partial charge in [-0.15, -0.1) is 0 Å². The number of likely N-dealkylation sites (N-methyl/N-ethyl adjacent to an activating group) is 1. The van der Waals surface area contributed by atoms with Crippen LogP contribution in [0.1, 0.15) is 51.9 Å². The van der Waals surface area contributed by atoms with Crippen molar-refractivity contribution >= 4 is 5.91 Å². The third-order valence-electron chi connectivity index (χ3n) is 4.68. The molecule has 0 bridgehead atoms. The summed E-state index contributed by atoms with van der Waals surface area (Å²) < 4.78 is 0. The molecular weight excluding hydrogens is 250 g/mol. The fraction of sp³-hybridized carbons (Fsp3) is 0.938. The molecule has 2 saturated heterocycles. The van der Waals surface area contributed by atoms with Crippen molar-refractivity contribution in [2.75, 3.05) is 39.3 Å². The van der Waals surface area contributed by atoms with Crippen molar-refractivity contribution in [3.63, 3.8) is 0 Å². The van der Waals surface area contributed by atoms with Gasteiger partial charge in [-0.3, -0.25) is 9.69 Å².